The second kappa shape index (κ2) is 10.6. The Labute approximate surface area is 156 Å². The van der Waals surface area contributed by atoms with Crippen molar-refractivity contribution in [3.8, 4) is 0 Å². The van der Waals surface area contributed by atoms with Crippen molar-refractivity contribution in [2.24, 2.45) is 11.8 Å². The monoisotopic (exact) mass is 366 g/mol. The molecule has 1 aromatic carbocycles. The van der Waals surface area contributed by atoms with E-state index in [1.165, 1.54) is 5.56 Å². The molecule has 1 aliphatic rings. The molecule has 4 heteroatoms. The van der Waals surface area contributed by atoms with Crippen LogP contribution < -0.4 is 0 Å². The summed E-state index contributed by atoms with van der Waals surface area (Å²) < 4.78 is 32.8. The number of carbonyl (C=O) groups excluding carboxylic acids is 1. The number of rotatable bonds is 9. The fourth-order valence-electron chi connectivity index (χ4n) is 4.20. The topological polar surface area (TPSA) is 26.3 Å². The first-order chi connectivity index (χ1) is 12.6. The smallest absolute Gasteiger partial charge is 0.315 e. The van der Waals surface area contributed by atoms with E-state index in [9.17, 15) is 13.6 Å². The third-order valence-corrected chi connectivity index (χ3v) is 5.56. The van der Waals surface area contributed by atoms with E-state index >= 15 is 0 Å². The van der Waals surface area contributed by atoms with Gasteiger partial charge in [-0.2, -0.15) is 0 Å². The molecule has 146 valence electrons. The second-order valence-electron chi connectivity index (χ2n) is 7.38. The molecule has 0 aromatic heterocycles. The lowest BCUT2D eigenvalue weighted by molar-refractivity contribution is -0.156. The molecular formula is C22H32F2O2. The van der Waals surface area contributed by atoms with Crippen LogP contribution in [-0.2, 0) is 16.0 Å². The number of halogens is 2. The van der Waals surface area contributed by atoms with Crippen molar-refractivity contribution in [3.63, 3.8) is 0 Å². The molecule has 0 N–H and O–H groups in total. The zero-order chi connectivity index (χ0) is 18.9. The molecule has 0 amide bonds. The van der Waals surface area contributed by atoms with E-state index in [-0.39, 0.29) is 12.5 Å². The van der Waals surface area contributed by atoms with Gasteiger partial charge in [-0.3, -0.25) is 4.79 Å². The van der Waals surface area contributed by atoms with Crippen LogP contribution in [0.4, 0.5) is 8.78 Å². The molecule has 2 atom stereocenters. The van der Waals surface area contributed by atoms with Gasteiger partial charge in [0.1, 0.15) is 5.92 Å². The highest BCUT2D eigenvalue weighted by atomic mass is 19.3. The van der Waals surface area contributed by atoms with Crippen molar-refractivity contribution >= 4 is 5.97 Å². The molecule has 1 aliphatic carbocycles. The van der Waals surface area contributed by atoms with Crippen molar-refractivity contribution in [1.29, 1.82) is 0 Å². The average Bonchev–Trinajstić information content (AvgIpc) is 2.65. The van der Waals surface area contributed by atoms with Gasteiger partial charge in [0.05, 0.1) is 6.61 Å². The van der Waals surface area contributed by atoms with E-state index in [0.717, 1.165) is 56.9 Å². The van der Waals surface area contributed by atoms with Gasteiger partial charge in [0.2, 0.25) is 0 Å². The van der Waals surface area contributed by atoms with Gasteiger partial charge in [-0.25, -0.2) is 8.78 Å². The summed E-state index contributed by atoms with van der Waals surface area (Å²) in [5.41, 5.74) is 2.08. The van der Waals surface area contributed by atoms with Crippen LogP contribution in [0.15, 0.2) is 24.3 Å². The lowest BCUT2D eigenvalue weighted by atomic mass is 9.70. The van der Waals surface area contributed by atoms with Crippen LogP contribution in [0.1, 0.15) is 75.8 Å². The number of ether oxygens (including phenoxy) is 1. The summed E-state index contributed by atoms with van der Waals surface area (Å²) in [5.74, 6) is -2.48. The average molecular weight is 366 g/mol. The summed E-state index contributed by atoms with van der Waals surface area (Å²) in [6, 6.07) is 7.99. The fraction of sp³-hybridized carbons (Fsp3) is 0.682. The van der Waals surface area contributed by atoms with Gasteiger partial charge in [-0.15, -0.1) is 0 Å². The number of hydrogen-bond acceptors (Lipinski definition) is 2. The quantitative estimate of drug-likeness (QED) is 0.491. The standard InChI is InChI=1S/C22H32F2O2/c1-3-5-9-16-12-14-18(15-13-16)19(17-10-7-6-8-11-17)20(21(23)24)22(25)26-4-2/h12-15,17,19-21H,3-11H2,1-2H3. The molecular weight excluding hydrogens is 334 g/mol. The van der Waals surface area contributed by atoms with E-state index in [1.54, 1.807) is 6.92 Å². The summed E-state index contributed by atoms with van der Waals surface area (Å²) in [7, 11) is 0. The molecule has 1 aromatic rings. The highest BCUT2D eigenvalue weighted by molar-refractivity contribution is 5.74. The number of aryl methyl sites for hydroxylation is 1. The Hall–Kier alpha value is -1.45. The number of hydrogen-bond donors (Lipinski definition) is 0. The molecule has 0 radical (unpaired) electrons. The van der Waals surface area contributed by atoms with Crippen LogP contribution in [-0.4, -0.2) is 19.0 Å². The molecule has 2 rings (SSSR count). The Kier molecular flexibility index (Phi) is 8.53. The van der Waals surface area contributed by atoms with Gasteiger partial charge in [0.25, 0.3) is 6.43 Å². The maximum absolute atomic E-state index is 13.9. The van der Waals surface area contributed by atoms with Crippen molar-refractivity contribution in [3.05, 3.63) is 35.4 Å². The zero-order valence-corrected chi connectivity index (χ0v) is 16.1. The fourth-order valence-corrected chi connectivity index (χ4v) is 4.20. The molecule has 1 fully saturated rings. The van der Waals surface area contributed by atoms with Crippen LogP contribution in [0.25, 0.3) is 0 Å². The van der Waals surface area contributed by atoms with Crippen molar-refractivity contribution in [1.82, 2.24) is 0 Å². The molecule has 0 saturated heterocycles. The van der Waals surface area contributed by atoms with Crippen LogP contribution in [0, 0.1) is 11.8 Å². The maximum Gasteiger partial charge on any atom is 0.315 e. The Morgan fingerprint density at radius 2 is 1.77 bits per heavy atom. The Morgan fingerprint density at radius 1 is 1.12 bits per heavy atom. The number of carbonyl (C=O) groups is 1. The second-order valence-corrected chi connectivity index (χ2v) is 7.38. The van der Waals surface area contributed by atoms with Crippen molar-refractivity contribution in [2.45, 2.75) is 77.6 Å². The first kappa shape index (κ1) is 20.9. The molecule has 0 bridgehead atoms. The first-order valence-corrected chi connectivity index (χ1v) is 10.1. The Balaban J connectivity index is 2.31. The molecule has 2 nitrogen and oxygen atoms in total. The minimum absolute atomic E-state index is 0.119. The highest BCUT2D eigenvalue weighted by Crippen LogP contribution is 2.43. The van der Waals surface area contributed by atoms with Crippen molar-refractivity contribution in [2.75, 3.05) is 6.61 Å². The molecule has 2 unspecified atom stereocenters. The van der Waals surface area contributed by atoms with Gasteiger partial charge < -0.3 is 4.74 Å². The van der Waals surface area contributed by atoms with E-state index in [1.807, 2.05) is 24.3 Å². The van der Waals surface area contributed by atoms with E-state index in [4.69, 9.17) is 4.74 Å². The largest absolute Gasteiger partial charge is 0.466 e. The van der Waals surface area contributed by atoms with Crippen LogP contribution >= 0.6 is 0 Å². The molecule has 0 aliphatic heterocycles. The minimum Gasteiger partial charge on any atom is -0.466 e. The first-order valence-electron chi connectivity index (χ1n) is 10.1. The number of alkyl halides is 2. The SMILES string of the molecule is CCCCc1ccc(C(C2CCCCC2)C(C(=O)OCC)C(F)F)cc1. The van der Waals surface area contributed by atoms with E-state index in [2.05, 4.69) is 6.92 Å². The molecule has 1 saturated carbocycles. The highest BCUT2D eigenvalue weighted by Gasteiger charge is 2.42. The van der Waals surface area contributed by atoms with Crippen LogP contribution in [0.3, 0.4) is 0 Å². The zero-order valence-electron chi connectivity index (χ0n) is 16.1. The lowest BCUT2D eigenvalue weighted by Gasteiger charge is -2.35. The van der Waals surface area contributed by atoms with Gasteiger partial charge in [-0.05, 0) is 49.7 Å². The van der Waals surface area contributed by atoms with Gasteiger partial charge >= 0.3 is 5.97 Å². The number of esters is 1. The van der Waals surface area contributed by atoms with E-state index < -0.39 is 24.2 Å². The lowest BCUT2D eigenvalue weighted by Crippen LogP contribution is -2.35. The summed E-state index contributed by atoms with van der Waals surface area (Å²) in [6.45, 7) is 3.95. The van der Waals surface area contributed by atoms with Gasteiger partial charge in [-0.1, -0.05) is 56.9 Å². The van der Waals surface area contributed by atoms with Gasteiger partial charge in [0, 0.05) is 5.92 Å². The normalized spacial score (nSPS) is 17.9. The molecule has 26 heavy (non-hydrogen) atoms. The summed E-state index contributed by atoms with van der Waals surface area (Å²) in [4.78, 5) is 12.3. The third kappa shape index (κ3) is 5.52. The predicted molar refractivity (Wildman–Crippen MR) is 100 cm³/mol. The number of unbranched alkanes of at least 4 members (excludes halogenated alkanes) is 1. The van der Waals surface area contributed by atoms with E-state index in [0.29, 0.717) is 0 Å². The summed E-state index contributed by atoms with van der Waals surface area (Å²) in [6.07, 6.45) is 5.61. The maximum atomic E-state index is 13.9. The number of benzene rings is 1. The molecule has 0 heterocycles. The van der Waals surface area contributed by atoms with Crippen LogP contribution in [0.2, 0.25) is 0 Å². The predicted octanol–water partition coefficient (Wildman–Crippen LogP) is 6.14. The summed E-state index contributed by atoms with van der Waals surface area (Å²) >= 11 is 0. The molecule has 0 spiro atoms. The summed E-state index contributed by atoms with van der Waals surface area (Å²) in [5, 5.41) is 0. The Morgan fingerprint density at radius 3 is 2.31 bits per heavy atom. The minimum atomic E-state index is -2.71. The van der Waals surface area contributed by atoms with Gasteiger partial charge in [0.15, 0.2) is 0 Å². The Bertz CT molecular complexity index is 536. The van der Waals surface area contributed by atoms with Crippen molar-refractivity contribution < 1.29 is 18.3 Å². The third-order valence-electron chi connectivity index (χ3n) is 5.56. The van der Waals surface area contributed by atoms with Crippen LogP contribution in [0.5, 0.6) is 0 Å².